The van der Waals surface area contributed by atoms with Gasteiger partial charge in [-0.2, -0.15) is 0 Å². The van der Waals surface area contributed by atoms with E-state index in [2.05, 4.69) is 156 Å². The first-order valence-corrected chi connectivity index (χ1v) is 15.0. The van der Waals surface area contributed by atoms with Gasteiger partial charge in [0.2, 0.25) is 0 Å². The highest BCUT2D eigenvalue weighted by Crippen LogP contribution is 2.33. The molecule has 212 valence electrons. The highest BCUT2D eigenvalue weighted by Gasteiger charge is 2.14. The maximum absolute atomic E-state index is 4.15. The number of benzene rings is 4. The number of aryl methyl sites for hydroxylation is 3. The van der Waals surface area contributed by atoms with Gasteiger partial charge in [-0.25, -0.2) is 0 Å². The molecule has 0 spiro atoms. The van der Waals surface area contributed by atoms with Gasteiger partial charge >= 0.3 is 0 Å². The van der Waals surface area contributed by atoms with Crippen molar-refractivity contribution in [3.05, 3.63) is 131 Å². The number of rotatable bonds is 6. The lowest BCUT2D eigenvalue weighted by molar-refractivity contribution is 0.626. The molecule has 0 amide bonds. The minimum atomic E-state index is 0.884. The van der Waals surface area contributed by atoms with Crippen LogP contribution in [0.5, 0.6) is 0 Å². The van der Waals surface area contributed by atoms with Gasteiger partial charge < -0.3 is 4.57 Å². The fourth-order valence-corrected chi connectivity index (χ4v) is 4.72. The summed E-state index contributed by atoms with van der Waals surface area (Å²) in [6.07, 6.45) is 7.72. The zero-order valence-electron chi connectivity index (χ0n) is 26.3. The van der Waals surface area contributed by atoms with Gasteiger partial charge in [0.05, 0.1) is 11.2 Å². The average molecular weight is 542 g/mol. The van der Waals surface area contributed by atoms with E-state index >= 15 is 0 Å². The molecule has 1 aromatic heterocycles. The summed E-state index contributed by atoms with van der Waals surface area (Å²) >= 11 is 0. The number of para-hydroxylation sites is 1. The van der Waals surface area contributed by atoms with Crippen molar-refractivity contribution in [1.82, 2.24) is 4.57 Å². The van der Waals surface area contributed by atoms with E-state index in [4.69, 9.17) is 0 Å². The van der Waals surface area contributed by atoms with Crippen molar-refractivity contribution < 1.29 is 0 Å². The van der Waals surface area contributed by atoms with E-state index in [-0.39, 0.29) is 0 Å². The van der Waals surface area contributed by atoms with Crippen molar-refractivity contribution in [2.45, 2.75) is 61.8 Å². The largest absolute Gasteiger partial charge is 0.309 e. The Hall–Kier alpha value is -4.10. The Kier molecular flexibility index (Phi) is 11.5. The molecule has 0 aliphatic carbocycles. The molecule has 0 atom stereocenters. The van der Waals surface area contributed by atoms with Crippen molar-refractivity contribution in [2.75, 3.05) is 0 Å². The van der Waals surface area contributed by atoms with Crippen LogP contribution in [0.4, 0.5) is 0 Å². The van der Waals surface area contributed by atoms with Crippen LogP contribution < -0.4 is 0 Å². The van der Waals surface area contributed by atoms with E-state index in [0.717, 1.165) is 22.9 Å². The molecule has 41 heavy (non-hydrogen) atoms. The maximum atomic E-state index is 4.15. The van der Waals surface area contributed by atoms with Crippen LogP contribution in [0.15, 0.2) is 97.6 Å². The molecule has 4 aromatic carbocycles. The van der Waals surface area contributed by atoms with E-state index < -0.39 is 0 Å². The standard InChI is InChI=1S/C33H29N.C5H12.C2H6/c1-5-28-30-12-8-9-13-32(30)34(27-19-14-23(2)15-20-27)33(28)21-18-26-17-16-25(4)31(22-26)29-11-7-6-10-24(29)3;1-4-5(2)3;1-2/h5-22H,1H2,2-4H3;5H,4H2,1-3H3;1-2H3/b21-18-;;. The second kappa shape index (κ2) is 15.1. The molecule has 0 aliphatic rings. The molecule has 0 N–H and O–H groups in total. The summed E-state index contributed by atoms with van der Waals surface area (Å²) in [6, 6.07) is 32.5. The Bertz CT molecular complexity index is 1590. The summed E-state index contributed by atoms with van der Waals surface area (Å²) in [7, 11) is 0. The Morgan fingerprint density at radius 3 is 1.98 bits per heavy atom. The molecule has 0 fully saturated rings. The number of hydrogen-bond donors (Lipinski definition) is 0. The van der Waals surface area contributed by atoms with Crippen molar-refractivity contribution in [3.8, 4) is 16.8 Å². The number of nitrogens with zero attached hydrogens (tertiary/aromatic N) is 1. The van der Waals surface area contributed by atoms with Gasteiger partial charge in [0.15, 0.2) is 0 Å². The molecule has 0 aliphatic heterocycles. The summed E-state index contributed by atoms with van der Waals surface area (Å²) in [6.45, 7) is 21.3. The van der Waals surface area contributed by atoms with Crippen LogP contribution in [-0.2, 0) is 0 Å². The van der Waals surface area contributed by atoms with Crippen LogP contribution in [0.25, 0.3) is 45.9 Å². The van der Waals surface area contributed by atoms with E-state index in [1.54, 1.807) is 0 Å². The minimum Gasteiger partial charge on any atom is -0.309 e. The van der Waals surface area contributed by atoms with Gasteiger partial charge in [-0.05, 0) is 84.8 Å². The Balaban J connectivity index is 0.000000598. The SMILES string of the molecule is C=Cc1c(/C=C\c2ccc(C)c(-c3ccccc3C)c2)n(-c2ccc(C)cc2)c2ccccc12.CC.CCC(C)C. The zero-order chi connectivity index (χ0) is 29.9. The van der Waals surface area contributed by atoms with Crippen molar-refractivity contribution in [3.63, 3.8) is 0 Å². The Morgan fingerprint density at radius 2 is 1.34 bits per heavy atom. The van der Waals surface area contributed by atoms with Crippen LogP contribution in [0.1, 0.15) is 74.6 Å². The number of hydrogen-bond acceptors (Lipinski definition) is 0. The van der Waals surface area contributed by atoms with Gasteiger partial charge in [0.25, 0.3) is 0 Å². The first kappa shape index (κ1) is 31.4. The van der Waals surface area contributed by atoms with E-state index in [1.807, 2.05) is 19.9 Å². The lowest BCUT2D eigenvalue weighted by atomic mass is 9.95. The summed E-state index contributed by atoms with van der Waals surface area (Å²) in [4.78, 5) is 0. The monoisotopic (exact) mass is 541 g/mol. The fourth-order valence-electron chi connectivity index (χ4n) is 4.72. The summed E-state index contributed by atoms with van der Waals surface area (Å²) in [5, 5.41) is 1.21. The predicted molar refractivity (Wildman–Crippen MR) is 185 cm³/mol. The molecule has 0 saturated heterocycles. The summed E-state index contributed by atoms with van der Waals surface area (Å²) in [5.74, 6) is 0.884. The van der Waals surface area contributed by atoms with Crippen LogP contribution in [0, 0.1) is 26.7 Å². The minimum absolute atomic E-state index is 0.884. The predicted octanol–water partition coefficient (Wildman–Crippen LogP) is 12.1. The normalized spacial score (nSPS) is 10.8. The number of fused-ring (bicyclic) bond motifs is 1. The molecule has 0 unspecified atom stereocenters. The topological polar surface area (TPSA) is 4.93 Å². The molecular formula is C40H47N. The van der Waals surface area contributed by atoms with Crippen LogP contribution in [-0.4, -0.2) is 4.57 Å². The lowest BCUT2D eigenvalue weighted by Gasteiger charge is -2.11. The van der Waals surface area contributed by atoms with Crippen molar-refractivity contribution in [1.29, 1.82) is 0 Å². The molecule has 1 heteroatoms. The van der Waals surface area contributed by atoms with Crippen LogP contribution in [0.3, 0.4) is 0 Å². The molecule has 0 bridgehead atoms. The molecule has 0 saturated carbocycles. The first-order chi connectivity index (χ1) is 19.8. The maximum Gasteiger partial charge on any atom is 0.0541 e. The van der Waals surface area contributed by atoms with Crippen molar-refractivity contribution in [2.24, 2.45) is 5.92 Å². The van der Waals surface area contributed by atoms with Gasteiger partial charge in [-0.3, -0.25) is 0 Å². The molecular weight excluding hydrogens is 494 g/mol. The zero-order valence-corrected chi connectivity index (χ0v) is 26.3. The van der Waals surface area contributed by atoms with E-state index in [0.29, 0.717) is 0 Å². The van der Waals surface area contributed by atoms with Crippen LogP contribution in [0.2, 0.25) is 0 Å². The third kappa shape index (κ3) is 7.55. The van der Waals surface area contributed by atoms with Gasteiger partial charge in [-0.1, -0.05) is 132 Å². The molecule has 0 radical (unpaired) electrons. The van der Waals surface area contributed by atoms with Gasteiger partial charge in [0.1, 0.15) is 0 Å². The molecule has 1 heterocycles. The lowest BCUT2D eigenvalue weighted by Crippen LogP contribution is -1.97. The molecule has 5 rings (SSSR count). The van der Waals surface area contributed by atoms with Gasteiger partial charge in [-0.15, -0.1) is 0 Å². The number of aromatic nitrogens is 1. The molecule has 1 nitrogen and oxygen atoms in total. The Morgan fingerprint density at radius 1 is 0.732 bits per heavy atom. The fraction of sp³-hybridized carbons (Fsp3) is 0.250. The smallest absolute Gasteiger partial charge is 0.0541 e. The quantitative estimate of drug-likeness (QED) is 0.201. The average Bonchev–Trinajstić information content (AvgIpc) is 3.32. The van der Waals surface area contributed by atoms with Gasteiger partial charge in [0, 0.05) is 16.6 Å². The van der Waals surface area contributed by atoms with E-state index in [1.165, 1.54) is 50.7 Å². The third-order valence-electron chi connectivity index (χ3n) is 7.40. The van der Waals surface area contributed by atoms with Crippen LogP contribution >= 0.6 is 0 Å². The third-order valence-corrected chi connectivity index (χ3v) is 7.40. The summed E-state index contributed by atoms with van der Waals surface area (Å²) in [5.41, 5.74) is 12.2. The van der Waals surface area contributed by atoms with E-state index in [9.17, 15) is 0 Å². The highest BCUT2D eigenvalue weighted by molar-refractivity contribution is 5.96. The highest BCUT2D eigenvalue weighted by atomic mass is 15.0. The second-order valence-electron chi connectivity index (χ2n) is 10.7. The summed E-state index contributed by atoms with van der Waals surface area (Å²) < 4.78 is 2.33. The second-order valence-corrected chi connectivity index (χ2v) is 10.7. The first-order valence-electron chi connectivity index (χ1n) is 15.0. The Labute approximate surface area is 248 Å². The van der Waals surface area contributed by atoms with Crippen molar-refractivity contribution >= 4 is 29.1 Å². The molecule has 5 aromatic rings.